The molecule has 0 N–H and O–H groups in total. The Morgan fingerprint density at radius 2 is 1.92 bits per heavy atom. The van der Waals surface area contributed by atoms with Crippen LogP contribution in [0.3, 0.4) is 0 Å². The molecule has 3 heterocycles. The van der Waals surface area contributed by atoms with E-state index in [4.69, 9.17) is 0 Å². The maximum Gasteiger partial charge on any atom is 0.281 e. The summed E-state index contributed by atoms with van der Waals surface area (Å²) in [6, 6.07) is 8.08. The van der Waals surface area contributed by atoms with Crippen LogP contribution in [0.5, 0.6) is 0 Å². The van der Waals surface area contributed by atoms with Gasteiger partial charge in [0, 0.05) is 64.8 Å². The second-order valence-electron chi connectivity index (χ2n) is 6.10. The first kappa shape index (κ1) is 16.9. The van der Waals surface area contributed by atoms with Crippen LogP contribution in [-0.4, -0.2) is 66.6 Å². The molecule has 1 saturated heterocycles. The summed E-state index contributed by atoms with van der Waals surface area (Å²) in [5.74, 6) is 0. The Hall–Kier alpha value is -1.92. The van der Waals surface area contributed by atoms with Crippen molar-refractivity contribution in [1.29, 1.82) is 5.26 Å². The van der Waals surface area contributed by atoms with Crippen LogP contribution in [-0.2, 0) is 16.8 Å². The van der Waals surface area contributed by atoms with E-state index in [-0.39, 0.29) is 0 Å². The summed E-state index contributed by atoms with van der Waals surface area (Å²) in [5.41, 5.74) is 2.58. The molecule has 0 saturated carbocycles. The van der Waals surface area contributed by atoms with Crippen molar-refractivity contribution in [2.24, 2.45) is 0 Å². The zero-order valence-electron chi connectivity index (χ0n) is 13.9. The van der Waals surface area contributed by atoms with Crippen molar-refractivity contribution in [3.63, 3.8) is 0 Å². The second-order valence-corrected chi connectivity index (χ2v) is 8.24. The Balaban J connectivity index is 1.72. The highest BCUT2D eigenvalue weighted by atomic mass is 32.2. The normalized spacial score (nSPS) is 17.4. The van der Waals surface area contributed by atoms with Gasteiger partial charge < -0.3 is 4.40 Å². The summed E-state index contributed by atoms with van der Waals surface area (Å²) in [5, 5.41) is 9.47. The van der Waals surface area contributed by atoms with E-state index < -0.39 is 10.2 Å². The highest BCUT2D eigenvalue weighted by Gasteiger charge is 2.28. The first-order valence-electron chi connectivity index (χ1n) is 7.82. The molecule has 0 unspecified atom stereocenters. The van der Waals surface area contributed by atoms with Crippen molar-refractivity contribution < 1.29 is 8.42 Å². The minimum Gasteiger partial charge on any atom is -0.322 e. The molecule has 1 fully saturated rings. The van der Waals surface area contributed by atoms with Crippen LogP contribution in [0.4, 0.5) is 0 Å². The summed E-state index contributed by atoms with van der Waals surface area (Å²) in [4.78, 5) is 2.19. The van der Waals surface area contributed by atoms with E-state index in [1.807, 2.05) is 35.0 Å². The minimum absolute atomic E-state index is 0.468. The molecule has 8 heteroatoms. The van der Waals surface area contributed by atoms with Crippen LogP contribution < -0.4 is 0 Å². The molecular weight excluding hydrogens is 326 g/mol. The second kappa shape index (κ2) is 6.53. The van der Waals surface area contributed by atoms with Crippen molar-refractivity contribution in [1.82, 2.24) is 17.9 Å². The van der Waals surface area contributed by atoms with Crippen LogP contribution in [0.2, 0.25) is 0 Å². The van der Waals surface area contributed by atoms with Gasteiger partial charge in [0.15, 0.2) is 0 Å². The van der Waals surface area contributed by atoms with Gasteiger partial charge in [-0.15, -0.1) is 0 Å². The average molecular weight is 347 g/mol. The van der Waals surface area contributed by atoms with Gasteiger partial charge in [0.25, 0.3) is 10.2 Å². The Labute approximate surface area is 142 Å². The highest BCUT2D eigenvalue weighted by Crippen LogP contribution is 2.20. The average Bonchev–Trinajstić information content (AvgIpc) is 2.92. The van der Waals surface area contributed by atoms with Gasteiger partial charge in [0.2, 0.25) is 0 Å². The first-order valence-corrected chi connectivity index (χ1v) is 9.22. The molecule has 2 aromatic rings. The van der Waals surface area contributed by atoms with E-state index in [2.05, 4.69) is 11.0 Å². The summed E-state index contributed by atoms with van der Waals surface area (Å²) >= 11 is 0. The number of rotatable bonds is 4. The third kappa shape index (κ3) is 3.03. The maximum atomic E-state index is 12.2. The molecule has 0 atom stereocenters. The van der Waals surface area contributed by atoms with Gasteiger partial charge >= 0.3 is 0 Å². The van der Waals surface area contributed by atoms with Crippen LogP contribution in [0.1, 0.15) is 11.1 Å². The first-order chi connectivity index (χ1) is 11.4. The number of nitrogens with zero attached hydrogens (tertiary/aromatic N) is 5. The lowest BCUT2D eigenvalue weighted by Gasteiger charge is -2.35. The smallest absolute Gasteiger partial charge is 0.281 e. The van der Waals surface area contributed by atoms with Gasteiger partial charge in [-0.05, 0) is 12.1 Å². The number of aromatic nitrogens is 1. The van der Waals surface area contributed by atoms with Gasteiger partial charge in [0.1, 0.15) is 6.07 Å². The fraction of sp³-hybridized carbons (Fsp3) is 0.438. The standard InChI is InChI=1S/C16H21N5O2S/c1-18(2)24(22,23)21-9-7-19(8-10-21)12-14-13-20-6-4-3-5-16(20)15(14)11-17/h3-6,13H,7-10,12H2,1-2H3. The van der Waals surface area contributed by atoms with E-state index in [1.54, 1.807) is 14.1 Å². The summed E-state index contributed by atoms with van der Waals surface area (Å²) < 4.78 is 29.0. The minimum atomic E-state index is -3.35. The number of pyridine rings is 1. The van der Waals surface area contributed by atoms with E-state index in [9.17, 15) is 13.7 Å². The number of hydrogen-bond acceptors (Lipinski definition) is 4. The fourth-order valence-electron chi connectivity index (χ4n) is 3.02. The van der Waals surface area contributed by atoms with E-state index in [1.165, 1.54) is 8.61 Å². The maximum absolute atomic E-state index is 12.2. The molecule has 0 aromatic carbocycles. The van der Waals surface area contributed by atoms with Crippen LogP contribution >= 0.6 is 0 Å². The molecule has 7 nitrogen and oxygen atoms in total. The molecule has 128 valence electrons. The van der Waals surface area contributed by atoms with E-state index in [0.29, 0.717) is 38.3 Å². The molecule has 1 aliphatic rings. The van der Waals surface area contributed by atoms with Crippen molar-refractivity contribution in [2.45, 2.75) is 6.54 Å². The van der Waals surface area contributed by atoms with Crippen LogP contribution in [0.15, 0.2) is 30.6 Å². The molecule has 0 bridgehead atoms. The quantitative estimate of drug-likeness (QED) is 0.818. The number of hydrogen-bond donors (Lipinski definition) is 0. The lowest BCUT2D eigenvalue weighted by molar-refractivity contribution is 0.177. The predicted octanol–water partition coefficient (Wildman–Crippen LogP) is 0.735. The zero-order chi connectivity index (χ0) is 17.3. The largest absolute Gasteiger partial charge is 0.322 e. The summed E-state index contributed by atoms with van der Waals surface area (Å²) in [6.07, 6.45) is 3.91. The predicted molar refractivity (Wildman–Crippen MR) is 91.6 cm³/mol. The van der Waals surface area contributed by atoms with Crippen LogP contribution in [0, 0.1) is 11.3 Å². The highest BCUT2D eigenvalue weighted by molar-refractivity contribution is 7.86. The Kier molecular flexibility index (Phi) is 4.60. The van der Waals surface area contributed by atoms with E-state index >= 15 is 0 Å². The molecule has 2 aromatic heterocycles. The Morgan fingerprint density at radius 1 is 1.21 bits per heavy atom. The van der Waals surface area contributed by atoms with Gasteiger partial charge in [0.05, 0.1) is 11.1 Å². The lowest BCUT2D eigenvalue weighted by atomic mass is 10.1. The molecule has 24 heavy (non-hydrogen) atoms. The molecule has 0 amide bonds. The molecule has 0 radical (unpaired) electrons. The third-order valence-corrected chi connectivity index (χ3v) is 6.33. The van der Waals surface area contributed by atoms with Crippen molar-refractivity contribution in [3.8, 4) is 6.07 Å². The van der Waals surface area contributed by atoms with E-state index in [0.717, 1.165) is 11.1 Å². The van der Waals surface area contributed by atoms with Crippen LogP contribution in [0.25, 0.3) is 5.52 Å². The topological polar surface area (TPSA) is 72.1 Å². The lowest BCUT2D eigenvalue weighted by Crippen LogP contribution is -2.51. The monoisotopic (exact) mass is 347 g/mol. The molecule has 0 aliphatic carbocycles. The van der Waals surface area contributed by atoms with Crippen molar-refractivity contribution in [3.05, 3.63) is 41.7 Å². The molecular formula is C16H21N5O2S. The van der Waals surface area contributed by atoms with Gasteiger partial charge in [-0.3, -0.25) is 4.90 Å². The zero-order valence-corrected chi connectivity index (χ0v) is 14.7. The molecule has 3 rings (SSSR count). The number of piperazine rings is 1. The van der Waals surface area contributed by atoms with Crippen molar-refractivity contribution in [2.75, 3.05) is 40.3 Å². The summed E-state index contributed by atoms with van der Waals surface area (Å²) in [7, 11) is -0.248. The third-order valence-electron chi connectivity index (χ3n) is 4.39. The fourth-order valence-corrected chi connectivity index (χ4v) is 4.10. The number of nitriles is 1. The Morgan fingerprint density at radius 3 is 2.54 bits per heavy atom. The SMILES string of the molecule is CN(C)S(=O)(=O)N1CCN(Cc2cn3ccccc3c2C#N)CC1. The molecule has 0 spiro atoms. The van der Waals surface area contributed by atoms with Gasteiger partial charge in [-0.25, -0.2) is 0 Å². The molecule has 1 aliphatic heterocycles. The Bertz CT molecular complexity index is 873. The van der Waals surface area contributed by atoms with Gasteiger partial charge in [-0.2, -0.15) is 22.3 Å². The number of fused-ring (bicyclic) bond motifs is 1. The summed E-state index contributed by atoms with van der Waals surface area (Å²) in [6.45, 7) is 2.90. The van der Waals surface area contributed by atoms with Gasteiger partial charge in [-0.1, -0.05) is 6.07 Å². The van der Waals surface area contributed by atoms with Crippen molar-refractivity contribution >= 4 is 15.7 Å².